The zero-order valence-corrected chi connectivity index (χ0v) is 15.2. The van der Waals surface area contributed by atoms with Crippen LogP contribution in [0.3, 0.4) is 0 Å². The molecule has 1 aliphatic rings. The van der Waals surface area contributed by atoms with Crippen LogP contribution in [0, 0.1) is 0 Å². The van der Waals surface area contributed by atoms with Crippen LogP contribution in [-0.4, -0.2) is 63.2 Å². The van der Waals surface area contributed by atoms with Crippen molar-refractivity contribution in [1.29, 1.82) is 0 Å². The van der Waals surface area contributed by atoms with Crippen molar-refractivity contribution in [2.75, 3.05) is 46.6 Å². The number of unbranched alkanes of at least 4 members (excludes halogenated alkanes) is 4. The highest BCUT2D eigenvalue weighted by Gasteiger charge is 2.30. The Bertz CT molecular complexity index is 260. The molecule has 22 heavy (non-hydrogen) atoms. The van der Waals surface area contributed by atoms with E-state index in [1.165, 1.54) is 32.2 Å². The van der Waals surface area contributed by atoms with Crippen molar-refractivity contribution in [3.63, 3.8) is 0 Å². The van der Waals surface area contributed by atoms with Crippen LogP contribution >= 0.6 is 0 Å². The Balaban J connectivity index is 1.76. The van der Waals surface area contributed by atoms with Gasteiger partial charge in [0.1, 0.15) is 0 Å². The van der Waals surface area contributed by atoms with Crippen LogP contribution < -0.4 is 0 Å². The third-order valence-electron chi connectivity index (χ3n) is 3.84. The Kier molecular flexibility index (Phi) is 10.3. The first-order valence-electron chi connectivity index (χ1n) is 8.98. The smallest absolute Gasteiger partial charge is 0.0835 e. The molecule has 132 valence electrons. The Morgan fingerprint density at radius 3 is 2.05 bits per heavy atom. The molecular formula is C18H37NO3. The van der Waals surface area contributed by atoms with E-state index in [-0.39, 0.29) is 5.60 Å². The number of hydrogen-bond donors (Lipinski definition) is 0. The molecule has 0 aromatic heterocycles. The highest BCUT2D eigenvalue weighted by molar-refractivity contribution is 4.82. The maximum absolute atomic E-state index is 5.94. The van der Waals surface area contributed by atoms with Crippen LogP contribution in [0.4, 0.5) is 0 Å². The zero-order chi connectivity index (χ0) is 16.3. The maximum Gasteiger partial charge on any atom is 0.0835 e. The summed E-state index contributed by atoms with van der Waals surface area (Å²) in [5.74, 6) is 0. The lowest BCUT2D eigenvalue weighted by molar-refractivity contribution is -0.124. The van der Waals surface area contributed by atoms with Crippen molar-refractivity contribution in [2.24, 2.45) is 0 Å². The van der Waals surface area contributed by atoms with Crippen LogP contribution in [0.5, 0.6) is 0 Å². The number of methoxy groups -OCH3 is 1. The predicted octanol–water partition coefficient (Wildman–Crippen LogP) is 3.49. The molecule has 4 nitrogen and oxygen atoms in total. The molecule has 1 aliphatic heterocycles. The number of nitrogens with zero attached hydrogens (tertiary/aromatic N) is 1. The van der Waals surface area contributed by atoms with Crippen molar-refractivity contribution in [3.05, 3.63) is 0 Å². The summed E-state index contributed by atoms with van der Waals surface area (Å²) < 4.78 is 16.6. The summed E-state index contributed by atoms with van der Waals surface area (Å²) in [6.07, 6.45) is 7.70. The zero-order valence-electron chi connectivity index (χ0n) is 15.2. The number of ether oxygens (including phenoxy) is 3. The molecule has 1 rings (SSSR count). The van der Waals surface area contributed by atoms with Crippen molar-refractivity contribution in [3.8, 4) is 0 Å². The van der Waals surface area contributed by atoms with Gasteiger partial charge in [0.25, 0.3) is 0 Å². The lowest BCUT2D eigenvalue weighted by Gasteiger charge is -2.42. The predicted molar refractivity (Wildman–Crippen MR) is 91.5 cm³/mol. The third kappa shape index (κ3) is 10.5. The fraction of sp³-hybridized carbons (Fsp3) is 1.00. The van der Waals surface area contributed by atoms with Crippen LogP contribution in [0.1, 0.15) is 59.3 Å². The van der Waals surface area contributed by atoms with Crippen molar-refractivity contribution in [2.45, 2.75) is 71.0 Å². The van der Waals surface area contributed by atoms with Gasteiger partial charge in [-0.15, -0.1) is 0 Å². The number of likely N-dealkylation sites (tertiary alicyclic amines) is 1. The number of hydrogen-bond acceptors (Lipinski definition) is 4. The first-order valence-corrected chi connectivity index (χ1v) is 8.98. The summed E-state index contributed by atoms with van der Waals surface area (Å²) in [4.78, 5) is 2.49. The van der Waals surface area contributed by atoms with Gasteiger partial charge in [0.15, 0.2) is 0 Å². The molecule has 0 aromatic carbocycles. The fourth-order valence-corrected chi connectivity index (χ4v) is 2.73. The first kappa shape index (κ1) is 19.9. The summed E-state index contributed by atoms with van der Waals surface area (Å²) in [7, 11) is 1.76. The Labute approximate surface area is 137 Å². The molecule has 0 spiro atoms. The second-order valence-electron chi connectivity index (χ2n) is 7.34. The van der Waals surface area contributed by atoms with Gasteiger partial charge in [-0.25, -0.2) is 0 Å². The minimum atomic E-state index is -0.00232. The molecule has 1 heterocycles. The highest BCUT2D eigenvalue weighted by Crippen LogP contribution is 2.19. The van der Waals surface area contributed by atoms with Crippen molar-refractivity contribution >= 4 is 0 Å². The molecule has 0 radical (unpaired) electrons. The van der Waals surface area contributed by atoms with E-state index in [1.54, 1.807) is 7.11 Å². The van der Waals surface area contributed by atoms with E-state index in [1.807, 2.05) is 0 Å². The van der Waals surface area contributed by atoms with E-state index in [4.69, 9.17) is 14.2 Å². The molecule has 0 N–H and O–H groups in total. The minimum Gasteiger partial charge on any atom is -0.385 e. The molecule has 0 aliphatic carbocycles. The molecule has 1 fully saturated rings. The maximum atomic E-state index is 5.94. The molecule has 0 unspecified atom stereocenters. The Morgan fingerprint density at radius 1 is 0.864 bits per heavy atom. The van der Waals surface area contributed by atoms with E-state index in [0.717, 1.165) is 45.8 Å². The van der Waals surface area contributed by atoms with E-state index in [2.05, 4.69) is 25.7 Å². The topological polar surface area (TPSA) is 30.9 Å². The average Bonchev–Trinajstić information content (AvgIpc) is 2.40. The SMILES string of the molecule is COCCCCCOCCCCCN1CC(OC(C)(C)C)C1. The average molecular weight is 315 g/mol. The lowest BCUT2D eigenvalue weighted by Crippen LogP contribution is -2.54. The van der Waals surface area contributed by atoms with Gasteiger partial charge in [-0.2, -0.15) is 0 Å². The lowest BCUT2D eigenvalue weighted by atomic mass is 10.1. The second kappa shape index (κ2) is 11.4. The molecule has 0 atom stereocenters. The van der Waals surface area contributed by atoms with Gasteiger partial charge >= 0.3 is 0 Å². The van der Waals surface area contributed by atoms with Crippen LogP contribution in [-0.2, 0) is 14.2 Å². The summed E-state index contributed by atoms with van der Waals surface area (Å²) in [6.45, 7) is 12.5. The number of rotatable bonds is 13. The van der Waals surface area contributed by atoms with Crippen molar-refractivity contribution < 1.29 is 14.2 Å². The van der Waals surface area contributed by atoms with Crippen LogP contribution in [0.2, 0.25) is 0 Å². The van der Waals surface area contributed by atoms with Gasteiger partial charge < -0.3 is 14.2 Å². The summed E-state index contributed by atoms with van der Waals surface area (Å²) in [6, 6.07) is 0. The van der Waals surface area contributed by atoms with Gasteiger partial charge in [-0.1, -0.05) is 0 Å². The highest BCUT2D eigenvalue weighted by atomic mass is 16.5. The minimum absolute atomic E-state index is 0.00232. The van der Waals surface area contributed by atoms with Gasteiger partial charge in [0, 0.05) is 40.0 Å². The molecule has 4 heteroatoms. The Morgan fingerprint density at radius 2 is 1.45 bits per heavy atom. The molecular weight excluding hydrogens is 278 g/mol. The van der Waals surface area contributed by atoms with E-state index >= 15 is 0 Å². The molecule has 0 aromatic rings. The van der Waals surface area contributed by atoms with E-state index < -0.39 is 0 Å². The van der Waals surface area contributed by atoms with E-state index in [0.29, 0.717) is 6.10 Å². The second-order valence-corrected chi connectivity index (χ2v) is 7.34. The summed E-state index contributed by atoms with van der Waals surface area (Å²) in [5.41, 5.74) is -0.00232. The van der Waals surface area contributed by atoms with Gasteiger partial charge in [-0.3, -0.25) is 4.90 Å². The van der Waals surface area contributed by atoms with E-state index in [9.17, 15) is 0 Å². The van der Waals surface area contributed by atoms with Crippen LogP contribution in [0.15, 0.2) is 0 Å². The molecule has 0 amide bonds. The molecule has 0 saturated carbocycles. The third-order valence-corrected chi connectivity index (χ3v) is 3.84. The normalized spacial score (nSPS) is 16.9. The quantitative estimate of drug-likeness (QED) is 0.487. The fourth-order valence-electron chi connectivity index (χ4n) is 2.73. The van der Waals surface area contributed by atoms with Gasteiger partial charge in [-0.05, 0) is 65.8 Å². The van der Waals surface area contributed by atoms with Crippen molar-refractivity contribution in [1.82, 2.24) is 4.90 Å². The largest absolute Gasteiger partial charge is 0.385 e. The van der Waals surface area contributed by atoms with Gasteiger partial charge in [0.05, 0.1) is 11.7 Å². The van der Waals surface area contributed by atoms with Crippen LogP contribution in [0.25, 0.3) is 0 Å². The standard InChI is InChI=1S/C18H37NO3/c1-18(2,3)22-17-15-19(16-17)11-7-5-9-13-21-14-10-6-8-12-20-4/h17H,5-16H2,1-4H3. The molecule has 0 bridgehead atoms. The first-order chi connectivity index (χ1) is 10.5. The summed E-state index contributed by atoms with van der Waals surface area (Å²) >= 11 is 0. The monoisotopic (exact) mass is 315 g/mol. The summed E-state index contributed by atoms with van der Waals surface area (Å²) in [5, 5.41) is 0. The van der Waals surface area contributed by atoms with Gasteiger partial charge in [0.2, 0.25) is 0 Å². The Hall–Kier alpha value is -0.160. The molecule has 1 saturated heterocycles.